The summed E-state index contributed by atoms with van der Waals surface area (Å²) in [6.45, 7) is 4.65. The number of aryl methyl sites for hydroxylation is 2. The summed E-state index contributed by atoms with van der Waals surface area (Å²) in [5.41, 5.74) is 1.13. The lowest BCUT2D eigenvalue weighted by atomic mass is 9.97. The van der Waals surface area contributed by atoms with Crippen LogP contribution in [0.15, 0.2) is 33.7 Å². The van der Waals surface area contributed by atoms with Crippen molar-refractivity contribution < 1.29 is 17.7 Å². The van der Waals surface area contributed by atoms with E-state index in [1.807, 2.05) is 12.1 Å². The molecule has 0 aliphatic carbocycles. The van der Waals surface area contributed by atoms with Gasteiger partial charge in [0.15, 0.2) is 5.82 Å². The molecule has 1 aliphatic rings. The zero-order valence-electron chi connectivity index (χ0n) is 16.2. The minimum atomic E-state index is -3.53. The molecule has 2 heterocycles. The molecule has 1 fully saturated rings. The van der Waals surface area contributed by atoms with Crippen molar-refractivity contribution in [3.05, 3.63) is 41.5 Å². The lowest BCUT2D eigenvalue weighted by Gasteiger charge is -2.30. The highest BCUT2D eigenvalue weighted by Crippen LogP contribution is 2.24. The number of carbonyl (C=O) groups excluding carboxylic acids is 1. The van der Waals surface area contributed by atoms with Crippen molar-refractivity contribution in [2.45, 2.75) is 51.0 Å². The van der Waals surface area contributed by atoms with Crippen molar-refractivity contribution in [1.29, 1.82) is 0 Å². The quantitative estimate of drug-likeness (QED) is 0.754. The highest BCUT2D eigenvalue weighted by Gasteiger charge is 2.32. The van der Waals surface area contributed by atoms with E-state index in [4.69, 9.17) is 4.52 Å². The smallest absolute Gasteiger partial charge is 0.246 e. The fourth-order valence-electron chi connectivity index (χ4n) is 3.34. The number of nitrogens with zero attached hydrogens (tertiary/aromatic N) is 3. The molecule has 28 heavy (non-hydrogen) atoms. The van der Waals surface area contributed by atoms with Gasteiger partial charge < -0.3 is 9.84 Å². The van der Waals surface area contributed by atoms with E-state index in [0.717, 1.165) is 18.4 Å². The molecule has 8 nitrogen and oxygen atoms in total. The van der Waals surface area contributed by atoms with Gasteiger partial charge in [0.1, 0.15) is 0 Å². The zero-order valence-corrected chi connectivity index (χ0v) is 17.0. The van der Waals surface area contributed by atoms with E-state index in [2.05, 4.69) is 22.4 Å². The predicted molar refractivity (Wildman–Crippen MR) is 103 cm³/mol. The monoisotopic (exact) mass is 406 g/mol. The molecule has 1 saturated heterocycles. The molecule has 3 rings (SSSR count). The van der Waals surface area contributed by atoms with Crippen molar-refractivity contribution >= 4 is 15.9 Å². The third-order valence-corrected chi connectivity index (χ3v) is 6.82. The minimum Gasteiger partial charge on any atom is -0.347 e. The average Bonchev–Trinajstić information content (AvgIpc) is 3.12. The van der Waals surface area contributed by atoms with Crippen LogP contribution in [0.5, 0.6) is 0 Å². The van der Waals surface area contributed by atoms with Crippen LogP contribution in [0.2, 0.25) is 0 Å². The Morgan fingerprint density at radius 2 is 1.93 bits per heavy atom. The topological polar surface area (TPSA) is 105 Å². The average molecular weight is 407 g/mol. The van der Waals surface area contributed by atoms with Crippen molar-refractivity contribution in [3.8, 4) is 0 Å². The molecule has 152 valence electrons. The Hall–Kier alpha value is -2.26. The normalized spacial score (nSPS) is 16.2. The second-order valence-corrected chi connectivity index (χ2v) is 8.96. The van der Waals surface area contributed by atoms with Gasteiger partial charge in [-0.25, -0.2) is 8.42 Å². The van der Waals surface area contributed by atoms with Crippen LogP contribution < -0.4 is 5.32 Å². The molecule has 0 spiro atoms. The predicted octanol–water partition coefficient (Wildman–Crippen LogP) is 2.05. The Morgan fingerprint density at radius 1 is 1.25 bits per heavy atom. The first-order valence-corrected chi connectivity index (χ1v) is 11.0. The number of aromatic nitrogens is 2. The van der Waals surface area contributed by atoms with Crippen LogP contribution in [0, 0.1) is 12.8 Å². The Balaban J connectivity index is 1.54. The lowest BCUT2D eigenvalue weighted by Crippen LogP contribution is -2.42. The first kappa shape index (κ1) is 20.5. The van der Waals surface area contributed by atoms with Crippen LogP contribution in [-0.2, 0) is 27.8 Å². The van der Waals surface area contributed by atoms with E-state index < -0.39 is 10.0 Å². The van der Waals surface area contributed by atoms with Gasteiger partial charge in [-0.3, -0.25) is 4.79 Å². The molecule has 0 bridgehead atoms. The molecule has 0 radical (unpaired) electrons. The number of benzene rings is 1. The number of nitrogens with one attached hydrogen (secondary N) is 1. The Labute approximate surface area is 165 Å². The number of sulfonamides is 1. The molecular weight excluding hydrogens is 380 g/mol. The third kappa shape index (κ3) is 4.77. The second kappa shape index (κ2) is 8.83. The van der Waals surface area contributed by atoms with E-state index in [1.54, 1.807) is 19.1 Å². The first-order valence-electron chi connectivity index (χ1n) is 9.56. The molecule has 1 aromatic carbocycles. The van der Waals surface area contributed by atoms with Crippen LogP contribution in [0.25, 0.3) is 0 Å². The number of hydrogen-bond acceptors (Lipinski definition) is 6. The van der Waals surface area contributed by atoms with E-state index in [9.17, 15) is 13.2 Å². The SMILES string of the molecule is CCCc1ccc(S(=O)(=O)N2CCC(C(=O)NCc3nc(C)no3)CC2)cc1. The summed E-state index contributed by atoms with van der Waals surface area (Å²) in [7, 11) is -3.53. The number of rotatable bonds is 7. The van der Waals surface area contributed by atoms with Crippen LogP contribution in [0.3, 0.4) is 0 Å². The Kier molecular flexibility index (Phi) is 6.46. The van der Waals surface area contributed by atoms with Crippen molar-refractivity contribution in [2.24, 2.45) is 5.92 Å². The van der Waals surface area contributed by atoms with Gasteiger partial charge in [0.2, 0.25) is 21.8 Å². The Morgan fingerprint density at radius 3 is 2.50 bits per heavy atom. The lowest BCUT2D eigenvalue weighted by molar-refractivity contribution is -0.126. The third-order valence-electron chi connectivity index (χ3n) is 4.91. The molecule has 1 aromatic heterocycles. The molecule has 1 aliphatic heterocycles. The van der Waals surface area contributed by atoms with E-state index in [0.29, 0.717) is 42.5 Å². The van der Waals surface area contributed by atoms with Crippen molar-refractivity contribution in [2.75, 3.05) is 13.1 Å². The van der Waals surface area contributed by atoms with Gasteiger partial charge >= 0.3 is 0 Å². The number of piperidine rings is 1. The number of carbonyl (C=O) groups is 1. The first-order chi connectivity index (χ1) is 13.4. The summed E-state index contributed by atoms with van der Waals surface area (Å²) < 4.78 is 32.1. The summed E-state index contributed by atoms with van der Waals surface area (Å²) in [4.78, 5) is 16.7. The fourth-order valence-corrected chi connectivity index (χ4v) is 4.81. The summed E-state index contributed by atoms with van der Waals surface area (Å²) >= 11 is 0. The summed E-state index contributed by atoms with van der Waals surface area (Å²) in [6, 6.07) is 7.09. The van der Waals surface area contributed by atoms with Gasteiger partial charge in [-0.05, 0) is 43.9 Å². The van der Waals surface area contributed by atoms with Gasteiger partial charge in [0.05, 0.1) is 11.4 Å². The van der Waals surface area contributed by atoms with Gasteiger partial charge in [-0.15, -0.1) is 0 Å². The largest absolute Gasteiger partial charge is 0.347 e. The summed E-state index contributed by atoms with van der Waals surface area (Å²) in [5.74, 6) is 0.544. The van der Waals surface area contributed by atoms with Crippen LogP contribution >= 0.6 is 0 Å². The van der Waals surface area contributed by atoms with Gasteiger partial charge in [-0.1, -0.05) is 30.6 Å². The molecule has 1 N–H and O–H groups in total. The van der Waals surface area contributed by atoms with Gasteiger partial charge in [0, 0.05) is 19.0 Å². The van der Waals surface area contributed by atoms with Crippen LogP contribution in [0.1, 0.15) is 43.5 Å². The number of hydrogen-bond donors (Lipinski definition) is 1. The molecular formula is C19H26N4O4S. The summed E-state index contributed by atoms with van der Waals surface area (Å²) in [5, 5.41) is 6.46. The standard InChI is InChI=1S/C19H26N4O4S/c1-3-4-15-5-7-17(8-6-15)28(25,26)23-11-9-16(10-12-23)19(24)20-13-18-21-14(2)22-27-18/h5-8,16H,3-4,9-13H2,1-2H3,(H,20,24). The van der Waals surface area contributed by atoms with E-state index in [-0.39, 0.29) is 18.4 Å². The molecule has 2 aromatic rings. The van der Waals surface area contributed by atoms with E-state index in [1.165, 1.54) is 4.31 Å². The molecule has 9 heteroatoms. The maximum atomic E-state index is 12.8. The van der Waals surface area contributed by atoms with Crippen LogP contribution in [0.4, 0.5) is 0 Å². The van der Waals surface area contributed by atoms with Crippen LogP contribution in [-0.4, -0.2) is 41.9 Å². The van der Waals surface area contributed by atoms with Gasteiger partial charge in [-0.2, -0.15) is 9.29 Å². The minimum absolute atomic E-state index is 0.114. The molecule has 0 atom stereocenters. The fraction of sp³-hybridized carbons (Fsp3) is 0.526. The van der Waals surface area contributed by atoms with Gasteiger partial charge in [0.25, 0.3) is 0 Å². The highest BCUT2D eigenvalue weighted by atomic mass is 32.2. The second-order valence-electron chi connectivity index (χ2n) is 7.03. The Bertz CT molecular complexity index is 900. The molecule has 1 amide bonds. The number of amides is 1. The summed E-state index contributed by atoms with van der Waals surface area (Å²) in [6.07, 6.45) is 2.93. The molecule has 0 unspecified atom stereocenters. The molecule has 0 saturated carbocycles. The maximum Gasteiger partial charge on any atom is 0.246 e. The highest BCUT2D eigenvalue weighted by molar-refractivity contribution is 7.89. The maximum absolute atomic E-state index is 12.8. The van der Waals surface area contributed by atoms with Crippen molar-refractivity contribution in [1.82, 2.24) is 19.8 Å². The van der Waals surface area contributed by atoms with Crippen molar-refractivity contribution in [3.63, 3.8) is 0 Å². The van der Waals surface area contributed by atoms with E-state index >= 15 is 0 Å². The zero-order chi connectivity index (χ0) is 20.1.